The normalized spacial score (nSPS) is 28.4. The summed E-state index contributed by atoms with van der Waals surface area (Å²) in [5, 5.41) is 16.7. The minimum absolute atomic E-state index is 0.0252. The first-order valence-corrected chi connectivity index (χ1v) is 18.7. The molecule has 0 bridgehead atoms. The molecule has 2 aliphatic heterocycles. The van der Waals surface area contributed by atoms with Gasteiger partial charge < -0.3 is 34.9 Å². The molecule has 4 aliphatic rings. The number of benzene rings is 1. The fourth-order valence-corrected chi connectivity index (χ4v) is 7.89. The van der Waals surface area contributed by atoms with E-state index in [2.05, 4.69) is 10.6 Å². The third-order valence-electron chi connectivity index (χ3n) is 10.0. The number of aliphatic carboxylic acids is 1. The van der Waals surface area contributed by atoms with Crippen molar-refractivity contribution in [2.75, 3.05) is 19.4 Å². The summed E-state index contributed by atoms with van der Waals surface area (Å²) in [4.78, 5) is 60.5. The van der Waals surface area contributed by atoms with Crippen LogP contribution in [-0.2, 0) is 19.1 Å². The molecule has 3 heterocycles. The number of pyridine rings is 1. The maximum absolute atomic E-state index is 14.1. The summed E-state index contributed by atoms with van der Waals surface area (Å²) >= 11 is 1.56. The van der Waals surface area contributed by atoms with Gasteiger partial charge in [0, 0.05) is 41.1 Å². The lowest BCUT2D eigenvalue weighted by molar-refractivity contribution is -0.145. The van der Waals surface area contributed by atoms with Crippen LogP contribution in [0.4, 0.5) is 4.79 Å². The second-order valence-electron chi connectivity index (χ2n) is 13.4. The predicted molar refractivity (Wildman–Crippen MR) is 184 cm³/mol. The maximum Gasteiger partial charge on any atom is 0.407 e. The average molecular weight is 695 g/mol. The topological polar surface area (TPSA) is 156 Å². The van der Waals surface area contributed by atoms with Crippen molar-refractivity contribution < 1.29 is 38.5 Å². The lowest BCUT2D eigenvalue weighted by Crippen LogP contribution is -2.53. The number of aromatic nitrogens is 1. The number of fused-ring (bicyclic) bond motifs is 3. The number of carboxylic acids is 1. The predicted octanol–water partition coefficient (Wildman–Crippen LogP) is 5.22. The van der Waals surface area contributed by atoms with E-state index in [0.29, 0.717) is 31.1 Å². The Labute approximate surface area is 290 Å². The van der Waals surface area contributed by atoms with Crippen LogP contribution in [0.1, 0.15) is 77.6 Å². The van der Waals surface area contributed by atoms with Crippen LogP contribution < -0.4 is 20.1 Å². The van der Waals surface area contributed by atoms with Crippen LogP contribution in [-0.4, -0.2) is 88.1 Å². The van der Waals surface area contributed by atoms with Gasteiger partial charge in [0.25, 0.3) is 0 Å². The third kappa shape index (κ3) is 7.92. The Morgan fingerprint density at radius 3 is 2.69 bits per heavy atom. The molecule has 3 amide bonds. The molecule has 3 N–H and O–H groups in total. The van der Waals surface area contributed by atoms with Crippen molar-refractivity contribution in [3.63, 3.8) is 0 Å². The standard InChI is InChI=1S/C36H46N4O8S/c1-3-46-30-19-28(26-15-10-16-29(49-2)32(26)38-30)47-25-18-27-33(42)39-36(34(43)44)20-22(36)11-6-4-5-7-12-23(17-31(41)40(27)21-25)37-35(45)48-24-13-8-9-14-24/h6,10-11,15-16,19,22-25,27H,3-5,7-9,12-14,17-18,20-21H2,1-2H3,(H,37,45)(H,39,42)(H,43,44)/b11-6-/t22-,23+,25-,27+,36-/m1/s1. The number of hydrogen-bond donors (Lipinski definition) is 3. The number of carbonyl (C=O) groups is 4. The SMILES string of the molecule is CCOc1cc(O[C@@H]2C[C@H]3C(=O)N[C@]4(C(=O)O)C[C@H]4/C=C\CCCC[C@H](NC(=O)OC4CCCC4)CC(=O)N3C2)c2cccc(SC)c2n1. The van der Waals surface area contributed by atoms with Gasteiger partial charge in [-0.25, -0.2) is 14.6 Å². The molecule has 2 saturated carbocycles. The van der Waals surface area contributed by atoms with Gasteiger partial charge in [-0.15, -0.1) is 11.8 Å². The van der Waals surface area contributed by atoms with Gasteiger partial charge in [-0.3, -0.25) is 9.59 Å². The fourth-order valence-electron chi connectivity index (χ4n) is 7.33. The van der Waals surface area contributed by atoms with E-state index in [1.54, 1.807) is 17.8 Å². The van der Waals surface area contributed by atoms with E-state index >= 15 is 0 Å². The fraction of sp³-hybridized carbons (Fsp3) is 0.583. The first kappa shape index (κ1) is 34.8. The molecule has 2 aliphatic carbocycles. The van der Waals surface area contributed by atoms with Crippen molar-refractivity contribution in [3.8, 4) is 11.6 Å². The van der Waals surface area contributed by atoms with Crippen LogP contribution in [0, 0.1) is 5.92 Å². The van der Waals surface area contributed by atoms with Crippen LogP contribution in [0.2, 0.25) is 0 Å². The van der Waals surface area contributed by atoms with Gasteiger partial charge in [0.1, 0.15) is 29.5 Å². The molecular weight excluding hydrogens is 648 g/mol. The van der Waals surface area contributed by atoms with Crippen molar-refractivity contribution in [3.05, 3.63) is 36.4 Å². The van der Waals surface area contributed by atoms with Crippen LogP contribution >= 0.6 is 11.8 Å². The molecule has 49 heavy (non-hydrogen) atoms. The monoisotopic (exact) mass is 694 g/mol. The molecule has 13 heteroatoms. The summed E-state index contributed by atoms with van der Waals surface area (Å²) in [5.41, 5.74) is -0.676. The highest BCUT2D eigenvalue weighted by Gasteiger charge is 2.61. The smallest absolute Gasteiger partial charge is 0.407 e. The number of allylic oxidation sites excluding steroid dienone is 1. The summed E-state index contributed by atoms with van der Waals surface area (Å²) < 4.78 is 18.0. The van der Waals surface area contributed by atoms with Crippen molar-refractivity contribution in [1.82, 2.24) is 20.5 Å². The highest BCUT2D eigenvalue weighted by Crippen LogP contribution is 2.45. The Balaban J connectivity index is 1.27. The first-order chi connectivity index (χ1) is 23.7. The quantitative estimate of drug-likeness (QED) is 0.247. The number of rotatable bonds is 8. The van der Waals surface area contributed by atoms with E-state index in [0.717, 1.165) is 60.7 Å². The Morgan fingerprint density at radius 1 is 1.14 bits per heavy atom. The number of nitrogens with one attached hydrogen (secondary N) is 2. The second-order valence-corrected chi connectivity index (χ2v) is 14.3. The van der Waals surface area contributed by atoms with Gasteiger partial charge in [-0.1, -0.05) is 24.6 Å². The molecule has 0 radical (unpaired) electrons. The average Bonchev–Trinajstić information content (AvgIpc) is 3.35. The number of nitrogens with zero attached hydrogens (tertiary/aromatic N) is 2. The maximum atomic E-state index is 14.1. The van der Waals surface area contributed by atoms with Gasteiger partial charge in [0.05, 0.1) is 18.7 Å². The van der Waals surface area contributed by atoms with E-state index in [-0.39, 0.29) is 37.3 Å². The van der Waals surface area contributed by atoms with Crippen LogP contribution in [0.5, 0.6) is 11.6 Å². The zero-order valence-corrected chi connectivity index (χ0v) is 29.0. The summed E-state index contributed by atoms with van der Waals surface area (Å²) in [6.45, 7) is 2.40. The summed E-state index contributed by atoms with van der Waals surface area (Å²) in [5.74, 6) is -1.35. The lowest BCUT2D eigenvalue weighted by atomic mass is 10.0. The Kier molecular flexibility index (Phi) is 10.9. The molecule has 264 valence electrons. The highest BCUT2D eigenvalue weighted by atomic mass is 32.2. The van der Waals surface area contributed by atoms with Gasteiger partial charge in [-0.05, 0) is 76.7 Å². The molecule has 0 spiro atoms. The molecular formula is C36H46N4O8S. The highest BCUT2D eigenvalue weighted by molar-refractivity contribution is 7.98. The number of alkyl carbamates (subject to hydrolysis) is 1. The van der Waals surface area contributed by atoms with Gasteiger partial charge >= 0.3 is 12.1 Å². The third-order valence-corrected chi connectivity index (χ3v) is 10.8. The molecule has 1 saturated heterocycles. The number of thioether (sulfide) groups is 1. The van der Waals surface area contributed by atoms with Gasteiger partial charge in [-0.2, -0.15) is 0 Å². The number of hydrogen-bond acceptors (Lipinski definition) is 9. The molecule has 1 aromatic heterocycles. The first-order valence-electron chi connectivity index (χ1n) is 17.5. The van der Waals surface area contributed by atoms with Crippen molar-refractivity contribution in [2.45, 2.75) is 112 Å². The molecule has 3 fully saturated rings. The molecule has 1 aromatic carbocycles. The number of ether oxygens (including phenoxy) is 3. The molecule has 5 atom stereocenters. The van der Waals surface area contributed by atoms with E-state index in [1.165, 1.54) is 4.90 Å². The molecule has 2 aromatic rings. The minimum atomic E-state index is -1.41. The van der Waals surface area contributed by atoms with Crippen LogP contribution in [0.3, 0.4) is 0 Å². The Morgan fingerprint density at radius 2 is 1.94 bits per heavy atom. The van der Waals surface area contributed by atoms with Crippen LogP contribution in [0.25, 0.3) is 10.9 Å². The number of carboxylic acid groups (broad SMARTS) is 1. The molecule has 0 unspecified atom stereocenters. The van der Waals surface area contributed by atoms with E-state index in [1.807, 2.05) is 43.5 Å². The summed E-state index contributed by atoms with van der Waals surface area (Å²) in [7, 11) is 0. The van der Waals surface area contributed by atoms with E-state index < -0.39 is 41.7 Å². The minimum Gasteiger partial charge on any atom is -0.488 e. The number of carbonyl (C=O) groups excluding carboxylic acids is 3. The lowest BCUT2D eigenvalue weighted by Gasteiger charge is -2.27. The molecule has 6 rings (SSSR count). The summed E-state index contributed by atoms with van der Waals surface area (Å²) in [6, 6.07) is 6.09. The number of amides is 3. The Hall–Kier alpha value is -4.00. The Bertz CT molecular complexity index is 1600. The van der Waals surface area contributed by atoms with Crippen LogP contribution in [0.15, 0.2) is 41.3 Å². The summed E-state index contributed by atoms with van der Waals surface area (Å²) in [6.07, 6.45) is 11.6. The zero-order chi connectivity index (χ0) is 34.5. The van der Waals surface area contributed by atoms with E-state index in [4.69, 9.17) is 19.2 Å². The zero-order valence-electron chi connectivity index (χ0n) is 28.2. The van der Waals surface area contributed by atoms with Gasteiger partial charge in [0.15, 0.2) is 0 Å². The van der Waals surface area contributed by atoms with Crippen molar-refractivity contribution in [1.29, 1.82) is 0 Å². The van der Waals surface area contributed by atoms with Crippen molar-refractivity contribution in [2.24, 2.45) is 5.92 Å². The molecule has 12 nitrogen and oxygen atoms in total. The van der Waals surface area contributed by atoms with Crippen molar-refractivity contribution >= 4 is 46.5 Å². The van der Waals surface area contributed by atoms with E-state index in [9.17, 15) is 24.3 Å². The van der Waals surface area contributed by atoms with Gasteiger partial charge in [0.2, 0.25) is 17.7 Å². The second kappa shape index (κ2) is 15.3. The number of para-hydroxylation sites is 1. The largest absolute Gasteiger partial charge is 0.488 e.